The van der Waals surface area contributed by atoms with E-state index in [0.29, 0.717) is 17.1 Å². The van der Waals surface area contributed by atoms with E-state index in [1.165, 1.54) is 42.7 Å². The van der Waals surface area contributed by atoms with Gasteiger partial charge in [0, 0.05) is 4.70 Å². The van der Waals surface area contributed by atoms with Crippen LogP contribution in [0.1, 0.15) is 58.6 Å². The van der Waals surface area contributed by atoms with Crippen molar-refractivity contribution in [3.05, 3.63) is 94.8 Å². The number of carbonyl (C=O) groups excluding carboxylic acids is 1. The lowest BCUT2D eigenvalue weighted by Gasteiger charge is -2.26. The molecule has 0 spiro atoms. The topological polar surface area (TPSA) is 63.7 Å². The van der Waals surface area contributed by atoms with Crippen LogP contribution in [0.25, 0.3) is 10.1 Å². The first-order valence-electron chi connectivity index (χ1n) is 12.6. The molecule has 1 saturated carbocycles. The van der Waals surface area contributed by atoms with Crippen LogP contribution in [0, 0.1) is 5.82 Å². The van der Waals surface area contributed by atoms with E-state index in [1.807, 2.05) is 24.3 Å². The van der Waals surface area contributed by atoms with Crippen molar-refractivity contribution in [2.45, 2.75) is 49.2 Å². The number of ether oxygens (including phenoxy) is 1. The Morgan fingerprint density at radius 1 is 1.02 bits per heavy atom. The Labute approximate surface area is 233 Å². The van der Waals surface area contributed by atoms with Crippen molar-refractivity contribution in [1.29, 1.82) is 0 Å². The van der Waals surface area contributed by atoms with Gasteiger partial charge in [-0.15, -0.1) is 11.3 Å². The molecule has 0 radical (unpaired) electrons. The molecule has 0 unspecified atom stereocenters. The summed E-state index contributed by atoms with van der Waals surface area (Å²) < 4.78 is 89.7. The lowest BCUT2D eigenvalue weighted by Crippen LogP contribution is -2.31. The molecule has 1 aromatic heterocycles. The first-order valence-corrected chi connectivity index (χ1v) is 14.8. The molecule has 0 N–H and O–H groups in total. The predicted octanol–water partition coefficient (Wildman–Crippen LogP) is 7.90. The summed E-state index contributed by atoms with van der Waals surface area (Å²) in [5, 5.41) is 1.33. The lowest BCUT2D eigenvalue weighted by molar-refractivity contribution is -0.140. The molecule has 0 aliphatic heterocycles. The highest BCUT2D eigenvalue weighted by molar-refractivity contribution is 7.93. The van der Waals surface area contributed by atoms with Crippen molar-refractivity contribution in [3.8, 4) is 0 Å². The third-order valence-corrected chi connectivity index (χ3v) is 10.2. The van der Waals surface area contributed by atoms with Crippen LogP contribution in [-0.4, -0.2) is 21.5 Å². The Morgan fingerprint density at radius 2 is 1.70 bits per heavy atom. The van der Waals surface area contributed by atoms with Gasteiger partial charge in [-0.05, 0) is 77.7 Å². The number of sulfonamides is 1. The number of thiophene rings is 1. The number of fused-ring (bicyclic) bond motifs is 1. The van der Waals surface area contributed by atoms with E-state index in [2.05, 4.69) is 0 Å². The van der Waals surface area contributed by atoms with Crippen LogP contribution in [0.15, 0.2) is 71.6 Å². The van der Waals surface area contributed by atoms with Gasteiger partial charge >= 0.3 is 12.1 Å². The molecule has 0 saturated heterocycles. The summed E-state index contributed by atoms with van der Waals surface area (Å²) in [5.74, 6) is -1.98. The lowest BCUT2D eigenvalue weighted by atomic mass is 9.96. The number of alkyl halides is 3. The summed E-state index contributed by atoms with van der Waals surface area (Å²) in [4.78, 5) is 11.8. The van der Waals surface area contributed by atoms with Gasteiger partial charge in [0.25, 0.3) is 10.0 Å². The zero-order chi connectivity index (χ0) is 28.7. The van der Waals surface area contributed by atoms with Gasteiger partial charge in [-0.3, -0.25) is 4.31 Å². The van der Waals surface area contributed by atoms with E-state index >= 15 is 0 Å². The Hall–Kier alpha value is -3.44. The summed E-state index contributed by atoms with van der Waals surface area (Å²) in [5.41, 5.74) is -0.476. The summed E-state index contributed by atoms with van der Waals surface area (Å²) in [6, 6.07) is 15.2. The van der Waals surface area contributed by atoms with Gasteiger partial charge in [0.05, 0.1) is 29.7 Å². The van der Waals surface area contributed by atoms with Crippen molar-refractivity contribution in [3.63, 3.8) is 0 Å². The number of hydrogen-bond donors (Lipinski definition) is 0. The zero-order valence-corrected chi connectivity index (χ0v) is 23.0. The molecule has 1 fully saturated rings. The molecule has 0 atom stereocenters. The van der Waals surface area contributed by atoms with Crippen molar-refractivity contribution >= 4 is 42.4 Å². The fourth-order valence-corrected chi connectivity index (χ4v) is 8.15. The van der Waals surface area contributed by atoms with Gasteiger partial charge < -0.3 is 4.74 Å². The molecular weight excluding hydrogens is 566 g/mol. The van der Waals surface area contributed by atoms with Crippen LogP contribution >= 0.6 is 11.3 Å². The van der Waals surface area contributed by atoms with Crippen LogP contribution in [0.3, 0.4) is 0 Å². The minimum atomic E-state index is -4.94. The molecule has 1 heterocycles. The number of hydrogen-bond acceptors (Lipinski definition) is 5. The molecule has 40 heavy (non-hydrogen) atoms. The number of nitrogens with zero attached hydrogens (tertiary/aromatic N) is 1. The normalized spacial score (nSPS) is 14.5. The monoisotopic (exact) mass is 591 g/mol. The van der Waals surface area contributed by atoms with Crippen LogP contribution in [-0.2, 0) is 27.5 Å². The van der Waals surface area contributed by atoms with Gasteiger partial charge in [0.15, 0.2) is 0 Å². The maximum absolute atomic E-state index is 14.2. The molecule has 11 heteroatoms. The second kappa shape index (κ2) is 10.9. The van der Waals surface area contributed by atoms with E-state index in [0.717, 1.165) is 51.7 Å². The van der Waals surface area contributed by atoms with E-state index in [1.54, 1.807) is 0 Å². The van der Waals surface area contributed by atoms with Crippen LogP contribution in [0.2, 0.25) is 0 Å². The van der Waals surface area contributed by atoms with E-state index in [-0.39, 0.29) is 21.9 Å². The Balaban J connectivity index is 1.69. The average Bonchev–Trinajstić information content (AvgIpc) is 3.59. The minimum absolute atomic E-state index is 0.0155. The third kappa shape index (κ3) is 5.32. The van der Waals surface area contributed by atoms with Crippen molar-refractivity contribution < 1.29 is 35.5 Å². The van der Waals surface area contributed by atoms with Gasteiger partial charge in [-0.2, -0.15) is 13.2 Å². The molecular formula is C29H25F4NO4S2. The standard InChI is InChI=1S/C29H25F4NO4S2/c1-38-28(35)20-11-13-21(14-12-20)40(36,37)34(17-18-10-15-24(30)23(16-18)29(31,32)33)27-26(19-6-2-3-7-19)22-8-4-5-9-25(22)39-27/h4-5,8-16,19H,2-3,6-7,17H2,1H3. The van der Waals surface area contributed by atoms with Crippen molar-refractivity contribution in [2.75, 3.05) is 11.4 Å². The van der Waals surface area contributed by atoms with Crippen LogP contribution < -0.4 is 4.31 Å². The summed E-state index contributed by atoms with van der Waals surface area (Å²) in [6.07, 6.45) is -1.24. The highest BCUT2D eigenvalue weighted by Crippen LogP contribution is 2.49. The SMILES string of the molecule is COC(=O)c1ccc(S(=O)(=O)N(Cc2ccc(F)c(C(F)(F)F)c2)c2sc3ccccc3c2C2CCCC2)cc1. The molecule has 5 rings (SSSR count). The maximum Gasteiger partial charge on any atom is 0.419 e. The number of anilines is 1. The minimum Gasteiger partial charge on any atom is -0.465 e. The smallest absolute Gasteiger partial charge is 0.419 e. The fraction of sp³-hybridized carbons (Fsp3) is 0.276. The largest absolute Gasteiger partial charge is 0.465 e. The maximum atomic E-state index is 14.2. The van der Waals surface area contributed by atoms with Crippen molar-refractivity contribution in [1.82, 2.24) is 0 Å². The molecule has 0 bridgehead atoms. The zero-order valence-electron chi connectivity index (χ0n) is 21.4. The second-order valence-corrected chi connectivity index (χ2v) is 12.5. The Kier molecular flexibility index (Phi) is 7.62. The molecule has 3 aromatic carbocycles. The summed E-state index contributed by atoms with van der Waals surface area (Å²) >= 11 is 1.26. The molecule has 1 aliphatic carbocycles. The molecule has 0 amide bonds. The number of rotatable bonds is 7. The number of halogens is 4. The average molecular weight is 592 g/mol. The second-order valence-electron chi connectivity index (χ2n) is 9.64. The Morgan fingerprint density at radius 3 is 2.35 bits per heavy atom. The van der Waals surface area contributed by atoms with Crippen LogP contribution in [0.5, 0.6) is 0 Å². The van der Waals surface area contributed by atoms with E-state index in [4.69, 9.17) is 4.74 Å². The number of methoxy groups -OCH3 is 1. The van der Waals surface area contributed by atoms with Crippen LogP contribution in [0.4, 0.5) is 22.6 Å². The van der Waals surface area contributed by atoms with Gasteiger partial charge in [0.1, 0.15) is 10.8 Å². The van der Waals surface area contributed by atoms with E-state index < -0.39 is 40.1 Å². The highest BCUT2D eigenvalue weighted by Gasteiger charge is 2.36. The van der Waals surface area contributed by atoms with Crippen molar-refractivity contribution in [2.24, 2.45) is 0 Å². The molecule has 210 valence electrons. The summed E-state index contributed by atoms with van der Waals surface area (Å²) in [7, 11) is -3.14. The number of benzene rings is 3. The van der Waals surface area contributed by atoms with Gasteiger partial charge in [-0.25, -0.2) is 17.6 Å². The summed E-state index contributed by atoms with van der Waals surface area (Å²) in [6.45, 7) is -0.447. The fourth-order valence-electron chi connectivity index (χ4n) is 5.17. The van der Waals surface area contributed by atoms with E-state index in [9.17, 15) is 30.8 Å². The predicted molar refractivity (Wildman–Crippen MR) is 146 cm³/mol. The Bertz CT molecular complexity index is 1660. The highest BCUT2D eigenvalue weighted by atomic mass is 32.2. The quantitative estimate of drug-likeness (QED) is 0.162. The van der Waals surface area contributed by atoms with Gasteiger partial charge in [0.2, 0.25) is 0 Å². The first kappa shape index (κ1) is 28.1. The molecule has 5 nitrogen and oxygen atoms in total. The molecule has 1 aliphatic rings. The molecule has 4 aromatic rings. The number of esters is 1. The number of carbonyl (C=O) groups is 1. The third-order valence-electron chi connectivity index (χ3n) is 7.13. The first-order chi connectivity index (χ1) is 19.0. The van der Waals surface area contributed by atoms with Gasteiger partial charge in [-0.1, -0.05) is 37.1 Å².